The van der Waals surface area contributed by atoms with Crippen LogP contribution in [0.3, 0.4) is 0 Å². The molecule has 0 unspecified atom stereocenters. The van der Waals surface area contributed by atoms with Crippen LogP contribution in [-0.4, -0.2) is 35.4 Å². The fourth-order valence-corrected chi connectivity index (χ4v) is 0.707. The smallest absolute Gasteiger partial charge is 0.330 e. The number of carbonyl (C=O) groups is 2. The van der Waals surface area contributed by atoms with Crippen LogP contribution in [0.1, 0.15) is 12.8 Å². The van der Waals surface area contributed by atoms with Crippen molar-refractivity contribution in [3.05, 3.63) is 24.3 Å². The lowest BCUT2D eigenvalue weighted by Crippen LogP contribution is -2.02. The minimum absolute atomic E-state index is 0.0781. The molecule has 0 aliphatic rings. The second-order valence-corrected chi connectivity index (χ2v) is 2.65. The van der Waals surface area contributed by atoms with Crippen LogP contribution < -0.4 is 0 Å². The highest BCUT2D eigenvalue weighted by atomic mass is 16.5. The van der Waals surface area contributed by atoms with E-state index in [1.54, 1.807) is 0 Å². The summed E-state index contributed by atoms with van der Waals surface area (Å²) in [7, 11) is 0. The number of ether oxygens (including phenoxy) is 1. The zero-order valence-corrected chi connectivity index (χ0v) is 8.26. The highest BCUT2D eigenvalue weighted by molar-refractivity contribution is 5.83. The average Bonchev–Trinajstić information content (AvgIpc) is 2.19. The molecule has 5 heteroatoms. The second-order valence-electron chi connectivity index (χ2n) is 2.65. The first-order chi connectivity index (χ1) is 7.16. The fraction of sp³-hybridized carbons (Fsp3) is 0.400. The molecule has 0 fully saturated rings. The third-order valence-corrected chi connectivity index (χ3v) is 1.38. The summed E-state index contributed by atoms with van der Waals surface area (Å²) in [6, 6.07) is 0. The molecule has 0 atom stereocenters. The topological polar surface area (TPSA) is 83.8 Å². The molecule has 84 valence electrons. The molecule has 0 saturated heterocycles. The molecule has 0 rings (SSSR count). The first-order valence-corrected chi connectivity index (χ1v) is 4.52. The van der Waals surface area contributed by atoms with E-state index in [4.69, 9.17) is 14.9 Å². The maximum absolute atomic E-state index is 10.9. The van der Waals surface area contributed by atoms with Crippen LogP contribution in [0, 0.1) is 0 Å². The Morgan fingerprint density at radius 2 is 1.80 bits per heavy atom. The minimum Gasteiger partial charge on any atom is -0.478 e. The Hall–Kier alpha value is -1.62. The number of carboxylic acid groups (broad SMARTS) is 1. The van der Waals surface area contributed by atoms with Crippen LogP contribution in [0.2, 0.25) is 0 Å². The number of rotatable bonds is 7. The molecule has 5 nitrogen and oxygen atoms in total. The lowest BCUT2D eigenvalue weighted by molar-refractivity contribution is -0.138. The van der Waals surface area contributed by atoms with Gasteiger partial charge < -0.3 is 14.9 Å². The van der Waals surface area contributed by atoms with E-state index in [0.29, 0.717) is 12.8 Å². The molecule has 0 saturated carbocycles. The van der Waals surface area contributed by atoms with Gasteiger partial charge >= 0.3 is 11.9 Å². The number of hydrogen-bond acceptors (Lipinski definition) is 4. The van der Waals surface area contributed by atoms with Gasteiger partial charge in [-0.1, -0.05) is 12.2 Å². The van der Waals surface area contributed by atoms with E-state index >= 15 is 0 Å². The summed E-state index contributed by atoms with van der Waals surface area (Å²) in [6.07, 6.45) is 5.78. The highest BCUT2D eigenvalue weighted by Crippen LogP contribution is 1.90. The predicted molar refractivity (Wildman–Crippen MR) is 53.2 cm³/mol. The van der Waals surface area contributed by atoms with Crippen molar-refractivity contribution >= 4 is 11.9 Å². The summed E-state index contributed by atoms with van der Waals surface area (Å²) >= 11 is 0. The van der Waals surface area contributed by atoms with Gasteiger partial charge in [0.2, 0.25) is 0 Å². The van der Waals surface area contributed by atoms with E-state index in [9.17, 15) is 9.59 Å². The molecule has 0 aliphatic carbocycles. The zero-order valence-electron chi connectivity index (χ0n) is 8.26. The number of aliphatic carboxylic acids is 1. The quantitative estimate of drug-likeness (QED) is 0.279. The number of allylic oxidation sites excluding steroid dienone is 2. The van der Waals surface area contributed by atoms with E-state index in [2.05, 4.69) is 0 Å². The first kappa shape index (κ1) is 13.4. The molecular formula is C10H14O5. The van der Waals surface area contributed by atoms with Crippen LogP contribution in [0.5, 0.6) is 0 Å². The first-order valence-electron chi connectivity index (χ1n) is 4.52. The Kier molecular flexibility index (Phi) is 7.99. The molecule has 0 aromatic rings. The Labute approximate surface area is 87.7 Å². The average molecular weight is 214 g/mol. The van der Waals surface area contributed by atoms with Crippen molar-refractivity contribution in [2.45, 2.75) is 12.8 Å². The summed E-state index contributed by atoms with van der Waals surface area (Å²) in [6.45, 7) is 0.334. The van der Waals surface area contributed by atoms with Crippen LogP contribution in [0.4, 0.5) is 0 Å². The third-order valence-electron chi connectivity index (χ3n) is 1.38. The summed E-state index contributed by atoms with van der Waals surface area (Å²) in [4.78, 5) is 20.9. The summed E-state index contributed by atoms with van der Waals surface area (Å²) < 4.78 is 4.73. The number of esters is 1. The standard InChI is InChI=1S/C10H14O5/c11-7-3-4-8-15-10(14)6-2-1-5-9(12)13/h1-2,5-6,11H,3-4,7-8H2,(H,12,13). The van der Waals surface area contributed by atoms with Crippen molar-refractivity contribution in [2.75, 3.05) is 13.2 Å². The van der Waals surface area contributed by atoms with Gasteiger partial charge in [-0.2, -0.15) is 0 Å². The monoisotopic (exact) mass is 214 g/mol. The van der Waals surface area contributed by atoms with Gasteiger partial charge in [0.15, 0.2) is 0 Å². The lowest BCUT2D eigenvalue weighted by atomic mass is 10.3. The number of hydrogen-bond donors (Lipinski definition) is 2. The van der Waals surface area contributed by atoms with Gasteiger partial charge in [-0.3, -0.25) is 0 Å². The normalized spacial score (nSPS) is 11.0. The van der Waals surface area contributed by atoms with Gasteiger partial charge in [0.05, 0.1) is 6.61 Å². The molecule has 0 bridgehead atoms. The summed E-state index contributed by atoms with van der Waals surface area (Å²) in [5, 5.41) is 16.7. The minimum atomic E-state index is -1.07. The van der Waals surface area contributed by atoms with Gasteiger partial charge in [0.25, 0.3) is 0 Å². The van der Waals surface area contributed by atoms with Gasteiger partial charge in [0.1, 0.15) is 0 Å². The molecule has 0 amide bonds. The Balaban J connectivity index is 3.60. The Morgan fingerprint density at radius 1 is 1.13 bits per heavy atom. The molecule has 0 radical (unpaired) electrons. The molecule has 0 aromatic carbocycles. The van der Waals surface area contributed by atoms with E-state index in [0.717, 1.165) is 12.2 Å². The summed E-state index contributed by atoms with van der Waals surface area (Å²) in [5.74, 6) is -1.60. The number of carboxylic acids is 1. The number of aliphatic hydroxyl groups excluding tert-OH is 1. The van der Waals surface area contributed by atoms with Crippen LogP contribution in [0.25, 0.3) is 0 Å². The van der Waals surface area contributed by atoms with Gasteiger partial charge in [-0.15, -0.1) is 0 Å². The van der Waals surface area contributed by atoms with Crippen molar-refractivity contribution in [2.24, 2.45) is 0 Å². The van der Waals surface area contributed by atoms with Crippen LogP contribution in [-0.2, 0) is 14.3 Å². The van der Waals surface area contributed by atoms with Crippen molar-refractivity contribution in [1.82, 2.24) is 0 Å². The Bertz CT molecular complexity index is 255. The van der Waals surface area contributed by atoms with Gasteiger partial charge in [-0.05, 0) is 12.8 Å². The molecule has 0 heterocycles. The fourth-order valence-electron chi connectivity index (χ4n) is 0.707. The number of carbonyl (C=O) groups excluding carboxylic acids is 1. The predicted octanol–water partition coefficient (Wildman–Crippen LogP) is 0.499. The highest BCUT2D eigenvalue weighted by Gasteiger charge is 1.94. The summed E-state index contributed by atoms with van der Waals surface area (Å²) in [5.41, 5.74) is 0. The van der Waals surface area contributed by atoms with E-state index in [1.165, 1.54) is 12.2 Å². The van der Waals surface area contributed by atoms with Gasteiger partial charge in [-0.25, -0.2) is 9.59 Å². The zero-order chi connectivity index (χ0) is 11.5. The maximum atomic E-state index is 10.9. The van der Waals surface area contributed by atoms with Crippen molar-refractivity contribution < 1.29 is 24.5 Å². The lowest BCUT2D eigenvalue weighted by Gasteiger charge is -1.99. The number of aliphatic hydroxyl groups is 1. The van der Waals surface area contributed by atoms with Crippen molar-refractivity contribution in [1.29, 1.82) is 0 Å². The van der Waals surface area contributed by atoms with Crippen molar-refractivity contribution in [3.63, 3.8) is 0 Å². The SMILES string of the molecule is O=C(O)C=CC=CC(=O)OCCCCO. The van der Waals surface area contributed by atoms with Crippen molar-refractivity contribution in [3.8, 4) is 0 Å². The molecule has 0 spiro atoms. The van der Waals surface area contributed by atoms with E-state index < -0.39 is 11.9 Å². The molecular weight excluding hydrogens is 200 g/mol. The van der Waals surface area contributed by atoms with E-state index in [1.807, 2.05) is 0 Å². The maximum Gasteiger partial charge on any atom is 0.330 e. The third kappa shape index (κ3) is 10.3. The largest absolute Gasteiger partial charge is 0.478 e. The Morgan fingerprint density at radius 3 is 2.40 bits per heavy atom. The molecule has 0 aromatic heterocycles. The van der Waals surface area contributed by atoms with Gasteiger partial charge in [0, 0.05) is 18.8 Å². The molecule has 15 heavy (non-hydrogen) atoms. The van der Waals surface area contributed by atoms with Crippen LogP contribution >= 0.6 is 0 Å². The number of unbranched alkanes of at least 4 members (excludes halogenated alkanes) is 1. The molecule has 0 aliphatic heterocycles. The second kappa shape index (κ2) is 8.96. The van der Waals surface area contributed by atoms with E-state index in [-0.39, 0.29) is 13.2 Å². The molecule has 2 N–H and O–H groups in total. The van der Waals surface area contributed by atoms with Crippen LogP contribution in [0.15, 0.2) is 24.3 Å².